The van der Waals surface area contributed by atoms with Crippen LogP contribution in [-0.4, -0.2) is 77.3 Å². The Kier molecular flexibility index (Phi) is 9.77. The van der Waals surface area contributed by atoms with Gasteiger partial charge >= 0.3 is 11.9 Å². The van der Waals surface area contributed by atoms with Gasteiger partial charge in [-0.25, -0.2) is 9.59 Å². The van der Waals surface area contributed by atoms with Crippen LogP contribution in [0.2, 0.25) is 0 Å². The second-order valence-corrected chi connectivity index (χ2v) is 7.74. The van der Waals surface area contributed by atoms with Gasteiger partial charge in [0.2, 0.25) is 0 Å². The average Bonchev–Trinajstić information content (AvgIpc) is 2.81. The number of benzene rings is 2. The molecule has 1 fully saturated rings. The maximum Gasteiger partial charge on any atom is 0.414 e. The van der Waals surface area contributed by atoms with Crippen molar-refractivity contribution in [3.8, 4) is 11.5 Å². The maximum atomic E-state index is 11.5. The van der Waals surface area contributed by atoms with E-state index in [1.807, 2.05) is 0 Å². The van der Waals surface area contributed by atoms with Crippen molar-refractivity contribution in [2.75, 3.05) is 40.4 Å². The molecule has 0 bridgehead atoms. The van der Waals surface area contributed by atoms with E-state index in [2.05, 4.69) is 41.0 Å². The number of hydrogen-bond donors (Lipinski definition) is 2. The molecule has 11 nitrogen and oxygen atoms in total. The van der Waals surface area contributed by atoms with Gasteiger partial charge in [-0.15, -0.1) is 0 Å². The van der Waals surface area contributed by atoms with Gasteiger partial charge in [0.1, 0.15) is 0 Å². The highest BCUT2D eigenvalue weighted by atomic mass is 16.6. The highest BCUT2D eigenvalue weighted by Gasteiger charge is 2.23. The Bertz CT molecular complexity index is 990. The van der Waals surface area contributed by atoms with Crippen LogP contribution in [0.15, 0.2) is 36.4 Å². The number of hydrogen-bond acceptors (Lipinski definition) is 8. The average molecular weight is 475 g/mol. The summed E-state index contributed by atoms with van der Waals surface area (Å²) in [6, 6.07) is 11.8. The molecule has 1 heterocycles. The Balaban J connectivity index is 0.000000604. The van der Waals surface area contributed by atoms with E-state index in [4.69, 9.17) is 29.3 Å². The SMILES string of the molecule is COc1cc(CN2CCN(Cc3ccc(C)cc3)CC2)c([N+](=O)[O-])cc1OC.O=C(O)C(=O)O. The first-order valence-electron chi connectivity index (χ1n) is 10.5. The van der Waals surface area contributed by atoms with Crippen LogP contribution in [0, 0.1) is 17.0 Å². The Morgan fingerprint density at radius 1 is 0.912 bits per heavy atom. The predicted molar refractivity (Wildman–Crippen MR) is 123 cm³/mol. The monoisotopic (exact) mass is 475 g/mol. The number of carboxylic acids is 2. The molecule has 2 N–H and O–H groups in total. The molecule has 3 rings (SSSR count). The standard InChI is InChI=1S/C21H27N3O4.C2H2O4/c1-16-4-6-17(7-5-16)14-22-8-10-23(11-9-22)15-18-12-20(27-2)21(28-3)13-19(18)24(25)26;3-1(4)2(5)6/h4-7,12-13H,8-11,14-15H2,1-3H3;(H,3,4)(H,5,6). The van der Waals surface area contributed by atoms with Gasteiger partial charge in [-0.1, -0.05) is 29.8 Å². The number of carboxylic acid groups (broad SMARTS) is 2. The van der Waals surface area contributed by atoms with Gasteiger partial charge in [0.15, 0.2) is 11.5 Å². The Morgan fingerprint density at radius 2 is 1.38 bits per heavy atom. The summed E-state index contributed by atoms with van der Waals surface area (Å²) in [6.07, 6.45) is 0. The van der Waals surface area contributed by atoms with Gasteiger partial charge < -0.3 is 19.7 Å². The van der Waals surface area contributed by atoms with Crippen LogP contribution in [0.25, 0.3) is 0 Å². The van der Waals surface area contributed by atoms with E-state index in [0.29, 0.717) is 23.6 Å². The minimum atomic E-state index is -1.82. The lowest BCUT2D eigenvalue weighted by atomic mass is 10.1. The predicted octanol–water partition coefficient (Wildman–Crippen LogP) is 2.39. The fraction of sp³-hybridized carbons (Fsp3) is 0.391. The van der Waals surface area contributed by atoms with Crippen molar-refractivity contribution in [1.29, 1.82) is 0 Å². The van der Waals surface area contributed by atoms with Crippen LogP contribution in [-0.2, 0) is 22.7 Å². The maximum absolute atomic E-state index is 11.5. The van der Waals surface area contributed by atoms with Crippen molar-refractivity contribution in [3.05, 3.63) is 63.2 Å². The smallest absolute Gasteiger partial charge is 0.414 e. The van der Waals surface area contributed by atoms with E-state index in [1.165, 1.54) is 31.4 Å². The summed E-state index contributed by atoms with van der Waals surface area (Å²) in [5.74, 6) is -2.76. The number of carbonyl (C=O) groups is 2. The van der Waals surface area contributed by atoms with Gasteiger partial charge in [-0.05, 0) is 18.6 Å². The van der Waals surface area contributed by atoms with Crippen LogP contribution in [0.4, 0.5) is 5.69 Å². The van der Waals surface area contributed by atoms with Crippen molar-refractivity contribution < 1.29 is 34.2 Å². The molecule has 184 valence electrons. The number of aliphatic carboxylic acids is 2. The summed E-state index contributed by atoms with van der Waals surface area (Å²) < 4.78 is 10.5. The molecule has 0 saturated carbocycles. The summed E-state index contributed by atoms with van der Waals surface area (Å²) >= 11 is 0. The van der Waals surface area contributed by atoms with Crippen LogP contribution in [0.3, 0.4) is 0 Å². The zero-order valence-corrected chi connectivity index (χ0v) is 19.4. The normalized spacial score (nSPS) is 14.0. The number of piperazine rings is 1. The molecule has 0 unspecified atom stereocenters. The second kappa shape index (κ2) is 12.5. The number of nitrogens with zero attached hydrogens (tertiary/aromatic N) is 3. The third-order valence-corrected chi connectivity index (χ3v) is 5.35. The minimum absolute atomic E-state index is 0.0692. The lowest BCUT2D eigenvalue weighted by molar-refractivity contribution is -0.385. The molecule has 0 radical (unpaired) electrons. The van der Waals surface area contributed by atoms with Crippen molar-refractivity contribution in [2.45, 2.75) is 20.0 Å². The number of rotatable bonds is 7. The zero-order valence-electron chi connectivity index (χ0n) is 19.4. The van der Waals surface area contributed by atoms with Crippen molar-refractivity contribution >= 4 is 17.6 Å². The summed E-state index contributed by atoms with van der Waals surface area (Å²) in [4.78, 5) is 34.0. The molecule has 1 aliphatic rings. The number of nitro groups is 1. The molecular formula is C23H29N3O8. The van der Waals surface area contributed by atoms with E-state index >= 15 is 0 Å². The number of ether oxygens (including phenoxy) is 2. The molecule has 0 atom stereocenters. The number of nitro benzene ring substituents is 1. The lowest BCUT2D eigenvalue weighted by Gasteiger charge is -2.34. The van der Waals surface area contributed by atoms with Crippen molar-refractivity contribution in [3.63, 3.8) is 0 Å². The van der Waals surface area contributed by atoms with E-state index in [0.717, 1.165) is 32.7 Å². The third kappa shape index (κ3) is 7.71. The van der Waals surface area contributed by atoms with E-state index in [-0.39, 0.29) is 10.6 Å². The molecule has 11 heteroatoms. The van der Waals surface area contributed by atoms with Crippen LogP contribution in [0.1, 0.15) is 16.7 Å². The van der Waals surface area contributed by atoms with Gasteiger partial charge in [-0.3, -0.25) is 19.9 Å². The van der Waals surface area contributed by atoms with Crippen molar-refractivity contribution in [2.24, 2.45) is 0 Å². The van der Waals surface area contributed by atoms with E-state index in [9.17, 15) is 10.1 Å². The molecule has 0 aromatic heterocycles. The molecule has 0 spiro atoms. The van der Waals surface area contributed by atoms with Gasteiger partial charge in [0.25, 0.3) is 5.69 Å². The summed E-state index contributed by atoms with van der Waals surface area (Å²) in [5, 5.41) is 26.3. The molecule has 2 aromatic carbocycles. The Hall–Kier alpha value is -3.70. The van der Waals surface area contributed by atoms with Gasteiger partial charge in [0.05, 0.1) is 25.2 Å². The number of aryl methyl sites for hydroxylation is 1. The van der Waals surface area contributed by atoms with Crippen LogP contribution >= 0.6 is 0 Å². The van der Waals surface area contributed by atoms with Gasteiger partial charge in [-0.2, -0.15) is 0 Å². The highest BCUT2D eigenvalue weighted by Crippen LogP contribution is 2.35. The third-order valence-electron chi connectivity index (χ3n) is 5.35. The topological polar surface area (TPSA) is 143 Å². The first-order chi connectivity index (χ1) is 16.1. The summed E-state index contributed by atoms with van der Waals surface area (Å²) in [5.41, 5.74) is 3.30. The van der Waals surface area contributed by atoms with Crippen LogP contribution < -0.4 is 9.47 Å². The van der Waals surface area contributed by atoms with E-state index < -0.39 is 11.9 Å². The first-order valence-corrected chi connectivity index (χ1v) is 10.5. The summed E-state index contributed by atoms with van der Waals surface area (Å²) in [6.45, 7) is 7.17. The zero-order chi connectivity index (χ0) is 25.3. The second-order valence-electron chi connectivity index (χ2n) is 7.74. The Morgan fingerprint density at radius 3 is 1.82 bits per heavy atom. The lowest BCUT2D eigenvalue weighted by Crippen LogP contribution is -2.45. The molecule has 0 aliphatic carbocycles. The highest BCUT2D eigenvalue weighted by molar-refractivity contribution is 6.27. The van der Waals surface area contributed by atoms with Crippen molar-refractivity contribution in [1.82, 2.24) is 9.80 Å². The molecule has 2 aromatic rings. The van der Waals surface area contributed by atoms with E-state index in [1.54, 1.807) is 6.07 Å². The van der Waals surface area contributed by atoms with Crippen LogP contribution in [0.5, 0.6) is 11.5 Å². The summed E-state index contributed by atoms with van der Waals surface area (Å²) in [7, 11) is 3.02. The first kappa shape index (κ1) is 26.6. The fourth-order valence-corrected chi connectivity index (χ4v) is 3.51. The quantitative estimate of drug-likeness (QED) is 0.348. The molecule has 1 aliphatic heterocycles. The van der Waals surface area contributed by atoms with Gasteiger partial charge in [0, 0.05) is 44.8 Å². The fourth-order valence-electron chi connectivity index (χ4n) is 3.51. The minimum Gasteiger partial charge on any atom is -0.493 e. The molecule has 0 amide bonds. The number of methoxy groups -OCH3 is 2. The molecule has 34 heavy (non-hydrogen) atoms. The largest absolute Gasteiger partial charge is 0.493 e. The molecular weight excluding hydrogens is 446 g/mol. The molecule has 1 saturated heterocycles. The Labute approximate surface area is 197 Å².